The van der Waals surface area contributed by atoms with Gasteiger partial charge in [-0.3, -0.25) is 4.68 Å². The summed E-state index contributed by atoms with van der Waals surface area (Å²) in [6.07, 6.45) is 0. The van der Waals surface area contributed by atoms with Crippen LogP contribution in [-0.2, 0) is 13.1 Å². The number of hydrogen-bond donors (Lipinski definition) is 1. The molecule has 19 heavy (non-hydrogen) atoms. The third-order valence-corrected chi connectivity index (χ3v) is 4.10. The van der Waals surface area contributed by atoms with E-state index in [0.29, 0.717) is 12.1 Å². The molecule has 2 aromatic rings. The van der Waals surface area contributed by atoms with E-state index in [2.05, 4.69) is 33.3 Å². The lowest BCUT2D eigenvalue weighted by Gasteiger charge is -2.09. The van der Waals surface area contributed by atoms with Crippen LogP contribution in [0, 0.1) is 19.7 Å². The number of nitrogens with zero attached hydrogens (tertiary/aromatic N) is 2. The minimum absolute atomic E-state index is 0.179. The maximum absolute atomic E-state index is 13.2. The maximum Gasteiger partial charge on any atom is 0.126 e. The van der Waals surface area contributed by atoms with E-state index in [0.717, 1.165) is 28.1 Å². The topological polar surface area (TPSA) is 29.9 Å². The van der Waals surface area contributed by atoms with Crippen molar-refractivity contribution in [3.05, 3.63) is 45.4 Å². The zero-order valence-electron chi connectivity index (χ0n) is 11.3. The van der Waals surface area contributed by atoms with E-state index in [1.54, 1.807) is 13.0 Å². The molecule has 0 aliphatic rings. The highest BCUT2D eigenvalue weighted by Crippen LogP contribution is 2.22. The molecule has 102 valence electrons. The number of rotatable bonds is 4. The Morgan fingerprint density at radius 2 is 2.11 bits per heavy atom. The Bertz CT molecular complexity index is 593. The Morgan fingerprint density at radius 1 is 1.37 bits per heavy atom. The van der Waals surface area contributed by atoms with E-state index < -0.39 is 0 Å². The van der Waals surface area contributed by atoms with Gasteiger partial charge in [0, 0.05) is 12.2 Å². The zero-order valence-corrected chi connectivity index (χ0v) is 12.9. The Morgan fingerprint density at radius 3 is 2.74 bits per heavy atom. The van der Waals surface area contributed by atoms with E-state index in [1.807, 2.05) is 17.7 Å². The van der Waals surface area contributed by atoms with Crippen molar-refractivity contribution in [1.82, 2.24) is 9.78 Å². The molecule has 0 saturated heterocycles. The van der Waals surface area contributed by atoms with Crippen molar-refractivity contribution >= 4 is 21.6 Å². The summed E-state index contributed by atoms with van der Waals surface area (Å²) in [4.78, 5) is 0. The highest BCUT2D eigenvalue weighted by Gasteiger charge is 2.11. The molecule has 1 aromatic heterocycles. The molecule has 0 aliphatic heterocycles. The third-order valence-electron chi connectivity index (χ3n) is 3.07. The fraction of sp³-hybridized carbons (Fsp3) is 0.357. The van der Waals surface area contributed by atoms with Crippen molar-refractivity contribution in [2.75, 3.05) is 5.32 Å². The Kier molecular flexibility index (Phi) is 4.24. The van der Waals surface area contributed by atoms with E-state index in [-0.39, 0.29) is 5.82 Å². The molecule has 1 N–H and O–H groups in total. The molecule has 0 radical (unpaired) electrons. The SMILES string of the molecule is CCn1nc(C)c(Br)c1CNc1ccc(F)c(C)c1. The fourth-order valence-corrected chi connectivity index (χ4v) is 2.40. The summed E-state index contributed by atoms with van der Waals surface area (Å²) in [5, 5.41) is 7.74. The minimum atomic E-state index is -0.179. The first-order valence-corrected chi connectivity index (χ1v) is 7.04. The summed E-state index contributed by atoms with van der Waals surface area (Å²) < 4.78 is 16.2. The lowest BCUT2D eigenvalue weighted by atomic mass is 10.2. The smallest absolute Gasteiger partial charge is 0.126 e. The molecule has 0 aliphatic carbocycles. The lowest BCUT2D eigenvalue weighted by molar-refractivity contribution is 0.617. The van der Waals surface area contributed by atoms with Crippen molar-refractivity contribution < 1.29 is 4.39 Å². The minimum Gasteiger partial charge on any atom is -0.379 e. The van der Waals surface area contributed by atoms with Crippen molar-refractivity contribution in [3.63, 3.8) is 0 Å². The number of anilines is 1. The van der Waals surface area contributed by atoms with Crippen LogP contribution in [0.1, 0.15) is 23.9 Å². The molecule has 3 nitrogen and oxygen atoms in total. The summed E-state index contributed by atoms with van der Waals surface area (Å²) in [7, 11) is 0. The normalized spacial score (nSPS) is 10.8. The zero-order chi connectivity index (χ0) is 14.0. The molecule has 0 atom stereocenters. The van der Waals surface area contributed by atoms with Crippen LogP contribution in [0.3, 0.4) is 0 Å². The second kappa shape index (κ2) is 5.74. The number of aromatic nitrogens is 2. The van der Waals surface area contributed by atoms with Gasteiger partial charge >= 0.3 is 0 Å². The predicted molar refractivity (Wildman–Crippen MR) is 78.8 cm³/mol. The number of nitrogens with one attached hydrogen (secondary N) is 1. The summed E-state index contributed by atoms with van der Waals surface area (Å²) in [6.45, 7) is 7.27. The lowest BCUT2D eigenvalue weighted by Crippen LogP contribution is -2.08. The Hall–Kier alpha value is -1.36. The van der Waals surface area contributed by atoms with Crippen LogP contribution in [0.2, 0.25) is 0 Å². The van der Waals surface area contributed by atoms with Gasteiger partial charge in [0.15, 0.2) is 0 Å². The Labute approximate surface area is 121 Å². The maximum atomic E-state index is 13.2. The second-order valence-electron chi connectivity index (χ2n) is 4.48. The highest BCUT2D eigenvalue weighted by molar-refractivity contribution is 9.10. The van der Waals surface area contributed by atoms with Crippen LogP contribution in [0.15, 0.2) is 22.7 Å². The molecule has 0 amide bonds. The number of halogens is 2. The van der Waals surface area contributed by atoms with Gasteiger partial charge in [0.05, 0.1) is 22.4 Å². The standard InChI is InChI=1S/C14H17BrFN3/c1-4-19-13(14(15)10(3)18-19)8-17-11-5-6-12(16)9(2)7-11/h5-7,17H,4,8H2,1-3H3. The highest BCUT2D eigenvalue weighted by atomic mass is 79.9. The molecular weight excluding hydrogens is 309 g/mol. The van der Waals surface area contributed by atoms with E-state index >= 15 is 0 Å². The van der Waals surface area contributed by atoms with E-state index in [9.17, 15) is 4.39 Å². The number of hydrogen-bond acceptors (Lipinski definition) is 2. The molecule has 2 rings (SSSR count). The third kappa shape index (κ3) is 2.97. The van der Waals surface area contributed by atoms with Crippen LogP contribution in [0.5, 0.6) is 0 Å². The van der Waals surface area contributed by atoms with Gasteiger partial charge in [-0.05, 0) is 60.5 Å². The first kappa shape index (κ1) is 14.1. The van der Waals surface area contributed by atoms with Gasteiger partial charge in [-0.25, -0.2) is 4.39 Å². The molecule has 0 unspecified atom stereocenters. The van der Waals surface area contributed by atoms with Crippen LogP contribution in [0.4, 0.5) is 10.1 Å². The largest absolute Gasteiger partial charge is 0.379 e. The monoisotopic (exact) mass is 325 g/mol. The summed E-state index contributed by atoms with van der Waals surface area (Å²) in [5.41, 5.74) is 3.63. The predicted octanol–water partition coefficient (Wildman–Crippen LogP) is 4.03. The average Bonchev–Trinajstić information content (AvgIpc) is 2.67. The van der Waals surface area contributed by atoms with Gasteiger partial charge in [0.2, 0.25) is 0 Å². The summed E-state index contributed by atoms with van der Waals surface area (Å²) in [6, 6.07) is 5.04. The van der Waals surface area contributed by atoms with Crippen LogP contribution in [-0.4, -0.2) is 9.78 Å². The fourth-order valence-electron chi connectivity index (χ4n) is 1.98. The molecule has 5 heteroatoms. The summed E-state index contributed by atoms with van der Waals surface area (Å²) >= 11 is 3.56. The van der Waals surface area contributed by atoms with Gasteiger partial charge in [0.25, 0.3) is 0 Å². The van der Waals surface area contributed by atoms with Crippen LogP contribution < -0.4 is 5.32 Å². The first-order valence-electron chi connectivity index (χ1n) is 6.24. The quantitative estimate of drug-likeness (QED) is 0.919. The van der Waals surface area contributed by atoms with Gasteiger partial charge in [-0.2, -0.15) is 5.10 Å². The molecule has 0 bridgehead atoms. The molecular formula is C14H17BrFN3. The first-order chi connectivity index (χ1) is 9.02. The number of aryl methyl sites for hydroxylation is 3. The van der Waals surface area contributed by atoms with Crippen molar-refractivity contribution in [2.45, 2.75) is 33.9 Å². The molecule has 1 heterocycles. The van der Waals surface area contributed by atoms with Crippen molar-refractivity contribution in [3.8, 4) is 0 Å². The van der Waals surface area contributed by atoms with E-state index in [4.69, 9.17) is 0 Å². The molecule has 0 fully saturated rings. The molecule has 0 spiro atoms. The van der Waals surface area contributed by atoms with Crippen molar-refractivity contribution in [2.24, 2.45) is 0 Å². The van der Waals surface area contributed by atoms with Gasteiger partial charge in [-0.15, -0.1) is 0 Å². The van der Waals surface area contributed by atoms with E-state index in [1.165, 1.54) is 6.07 Å². The van der Waals surface area contributed by atoms with Gasteiger partial charge in [-0.1, -0.05) is 0 Å². The Balaban J connectivity index is 2.16. The van der Waals surface area contributed by atoms with Crippen LogP contribution >= 0.6 is 15.9 Å². The van der Waals surface area contributed by atoms with Gasteiger partial charge in [0.1, 0.15) is 5.82 Å². The molecule has 0 saturated carbocycles. The average molecular weight is 326 g/mol. The molecule has 1 aromatic carbocycles. The van der Waals surface area contributed by atoms with Crippen LogP contribution in [0.25, 0.3) is 0 Å². The number of benzene rings is 1. The summed E-state index contributed by atoms with van der Waals surface area (Å²) in [5.74, 6) is -0.179. The van der Waals surface area contributed by atoms with Crippen molar-refractivity contribution in [1.29, 1.82) is 0 Å². The van der Waals surface area contributed by atoms with Gasteiger partial charge < -0.3 is 5.32 Å². The second-order valence-corrected chi connectivity index (χ2v) is 5.27.